The summed E-state index contributed by atoms with van der Waals surface area (Å²) >= 11 is 1.62. The first-order chi connectivity index (χ1) is 9.38. The lowest BCUT2D eigenvalue weighted by Gasteiger charge is -2.20. The van der Waals surface area contributed by atoms with Crippen LogP contribution in [0, 0.1) is 0 Å². The van der Waals surface area contributed by atoms with Gasteiger partial charge in [-0.25, -0.2) is 4.98 Å². The van der Waals surface area contributed by atoms with E-state index in [1.54, 1.807) is 11.3 Å². The minimum Gasteiger partial charge on any atom is -0.376 e. The Balaban J connectivity index is 1.94. The van der Waals surface area contributed by atoms with E-state index in [1.807, 2.05) is 18.2 Å². The predicted molar refractivity (Wildman–Crippen MR) is 75.0 cm³/mol. The van der Waals surface area contributed by atoms with Crippen LogP contribution in [0.3, 0.4) is 0 Å². The number of nitrogens with two attached hydrogens (primary N) is 1. The second-order valence-corrected chi connectivity index (χ2v) is 5.44. The number of hydrogen-bond donors (Lipinski definition) is 1. The third-order valence-electron chi connectivity index (χ3n) is 3.04. The number of rotatable bonds is 3. The highest BCUT2D eigenvalue weighted by atomic mass is 32.1. The number of benzene rings is 1. The number of hydrogen-bond acceptors (Lipinski definition) is 5. The molecule has 1 aliphatic rings. The summed E-state index contributed by atoms with van der Waals surface area (Å²) in [5.41, 5.74) is 7.90. The minimum absolute atomic E-state index is 0.0542. The Hall–Kier alpha value is -1.27. The van der Waals surface area contributed by atoms with Gasteiger partial charge in [0.25, 0.3) is 0 Å². The molecule has 1 fully saturated rings. The van der Waals surface area contributed by atoms with Crippen molar-refractivity contribution in [2.24, 2.45) is 5.73 Å². The Morgan fingerprint density at radius 2 is 2.11 bits per heavy atom. The van der Waals surface area contributed by atoms with Gasteiger partial charge in [0.15, 0.2) is 0 Å². The molecule has 2 N–H and O–H groups in total. The monoisotopic (exact) mass is 276 g/mol. The zero-order valence-corrected chi connectivity index (χ0v) is 11.4. The van der Waals surface area contributed by atoms with Gasteiger partial charge < -0.3 is 15.2 Å². The molecule has 0 saturated carbocycles. The summed E-state index contributed by atoms with van der Waals surface area (Å²) in [6.45, 7) is 2.36. The van der Waals surface area contributed by atoms with Crippen LogP contribution in [-0.4, -0.2) is 24.8 Å². The van der Waals surface area contributed by atoms with Crippen LogP contribution in [0.4, 0.5) is 0 Å². The molecule has 0 bridgehead atoms. The molecule has 4 nitrogen and oxygen atoms in total. The van der Waals surface area contributed by atoms with Crippen molar-refractivity contribution in [3.05, 3.63) is 40.2 Å². The Morgan fingerprint density at radius 1 is 1.26 bits per heavy atom. The van der Waals surface area contributed by atoms with E-state index in [2.05, 4.69) is 12.1 Å². The molecular formula is C14H16N2O2S. The van der Waals surface area contributed by atoms with Crippen LogP contribution in [0.15, 0.2) is 30.3 Å². The zero-order chi connectivity index (χ0) is 13.1. The maximum Gasteiger partial charge on any atom is 0.132 e. The van der Waals surface area contributed by atoms with E-state index in [0.717, 1.165) is 21.1 Å². The number of ether oxygens (including phenoxy) is 2. The fraction of sp³-hybridized carbons (Fsp3) is 0.357. The number of aromatic nitrogens is 1. The summed E-state index contributed by atoms with van der Waals surface area (Å²) in [4.78, 5) is 5.80. The Morgan fingerprint density at radius 3 is 2.79 bits per heavy atom. The van der Waals surface area contributed by atoms with Gasteiger partial charge in [0.05, 0.1) is 25.5 Å². The molecular weight excluding hydrogens is 260 g/mol. The quantitative estimate of drug-likeness (QED) is 0.935. The van der Waals surface area contributed by atoms with Crippen molar-refractivity contribution in [3.8, 4) is 11.3 Å². The minimum atomic E-state index is -0.0542. The van der Waals surface area contributed by atoms with Crippen LogP contribution in [0.2, 0.25) is 0 Å². The first-order valence-corrected chi connectivity index (χ1v) is 7.14. The van der Waals surface area contributed by atoms with Crippen LogP contribution in [0.5, 0.6) is 0 Å². The number of thiazole rings is 1. The largest absolute Gasteiger partial charge is 0.376 e. The number of nitrogens with zero attached hydrogens (tertiary/aromatic N) is 1. The summed E-state index contributed by atoms with van der Waals surface area (Å²) in [6.07, 6.45) is -0.0542. The molecule has 1 atom stereocenters. The van der Waals surface area contributed by atoms with E-state index in [4.69, 9.17) is 20.2 Å². The van der Waals surface area contributed by atoms with Crippen molar-refractivity contribution in [1.82, 2.24) is 4.98 Å². The SMILES string of the molecule is NCc1sc(C2COCCO2)nc1-c1ccccc1. The van der Waals surface area contributed by atoms with Gasteiger partial charge >= 0.3 is 0 Å². The third kappa shape index (κ3) is 2.69. The van der Waals surface area contributed by atoms with Crippen LogP contribution < -0.4 is 5.73 Å². The van der Waals surface area contributed by atoms with E-state index in [-0.39, 0.29) is 6.10 Å². The van der Waals surface area contributed by atoms with Gasteiger partial charge in [-0.2, -0.15) is 0 Å². The molecule has 1 aliphatic heterocycles. The van der Waals surface area contributed by atoms with Crippen LogP contribution in [-0.2, 0) is 16.0 Å². The molecule has 3 rings (SSSR count). The molecule has 2 heterocycles. The second kappa shape index (κ2) is 5.79. The van der Waals surface area contributed by atoms with E-state index in [1.165, 1.54) is 0 Å². The average Bonchev–Trinajstić information content (AvgIpc) is 2.93. The highest BCUT2D eigenvalue weighted by molar-refractivity contribution is 7.12. The lowest BCUT2D eigenvalue weighted by Crippen LogP contribution is -2.21. The maximum absolute atomic E-state index is 5.83. The highest BCUT2D eigenvalue weighted by Gasteiger charge is 2.22. The van der Waals surface area contributed by atoms with Crippen LogP contribution in [0.1, 0.15) is 16.0 Å². The van der Waals surface area contributed by atoms with E-state index in [0.29, 0.717) is 26.4 Å². The normalized spacial score (nSPS) is 19.5. The molecule has 0 amide bonds. The van der Waals surface area contributed by atoms with Crippen molar-refractivity contribution in [2.45, 2.75) is 12.6 Å². The van der Waals surface area contributed by atoms with Crippen LogP contribution >= 0.6 is 11.3 Å². The lowest BCUT2D eigenvalue weighted by atomic mass is 10.1. The van der Waals surface area contributed by atoms with Gasteiger partial charge in [-0.05, 0) is 0 Å². The van der Waals surface area contributed by atoms with Gasteiger partial charge in [-0.3, -0.25) is 0 Å². The lowest BCUT2D eigenvalue weighted by molar-refractivity contribution is -0.0901. The zero-order valence-electron chi connectivity index (χ0n) is 10.5. The molecule has 0 aliphatic carbocycles. The second-order valence-electron chi connectivity index (χ2n) is 4.33. The maximum atomic E-state index is 5.83. The molecule has 1 unspecified atom stereocenters. The molecule has 2 aromatic rings. The summed E-state index contributed by atoms with van der Waals surface area (Å²) in [5, 5.41) is 0.957. The van der Waals surface area contributed by atoms with E-state index in [9.17, 15) is 0 Å². The molecule has 1 aromatic carbocycles. The molecule has 100 valence electrons. The van der Waals surface area contributed by atoms with Crippen molar-refractivity contribution in [1.29, 1.82) is 0 Å². The molecule has 19 heavy (non-hydrogen) atoms. The van der Waals surface area contributed by atoms with Crippen LogP contribution in [0.25, 0.3) is 11.3 Å². The summed E-state index contributed by atoms with van der Waals surface area (Å²) in [7, 11) is 0. The summed E-state index contributed by atoms with van der Waals surface area (Å²) < 4.78 is 11.1. The van der Waals surface area contributed by atoms with E-state index >= 15 is 0 Å². The fourth-order valence-electron chi connectivity index (χ4n) is 2.10. The molecule has 1 saturated heterocycles. The topological polar surface area (TPSA) is 57.4 Å². The molecule has 1 aromatic heterocycles. The first-order valence-electron chi connectivity index (χ1n) is 6.33. The summed E-state index contributed by atoms with van der Waals surface area (Å²) in [6, 6.07) is 10.1. The Labute approximate surface area is 116 Å². The standard InChI is InChI=1S/C14H16N2O2S/c15-8-12-13(10-4-2-1-3-5-10)16-14(19-12)11-9-17-6-7-18-11/h1-5,11H,6-9,15H2. The van der Waals surface area contributed by atoms with Crippen molar-refractivity contribution in [2.75, 3.05) is 19.8 Å². The molecule has 0 spiro atoms. The van der Waals surface area contributed by atoms with Crippen molar-refractivity contribution >= 4 is 11.3 Å². The summed E-state index contributed by atoms with van der Waals surface area (Å²) in [5.74, 6) is 0. The average molecular weight is 276 g/mol. The molecule has 0 radical (unpaired) electrons. The Bertz CT molecular complexity index is 536. The van der Waals surface area contributed by atoms with Gasteiger partial charge in [0.2, 0.25) is 0 Å². The fourth-order valence-corrected chi connectivity index (χ4v) is 3.10. The highest BCUT2D eigenvalue weighted by Crippen LogP contribution is 2.33. The van der Waals surface area contributed by atoms with Crippen molar-refractivity contribution < 1.29 is 9.47 Å². The van der Waals surface area contributed by atoms with E-state index < -0.39 is 0 Å². The van der Waals surface area contributed by atoms with Crippen molar-refractivity contribution in [3.63, 3.8) is 0 Å². The Kier molecular flexibility index (Phi) is 3.89. The first kappa shape index (κ1) is 12.7. The van der Waals surface area contributed by atoms with Gasteiger partial charge in [-0.1, -0.05) is 30.3 Å². The predicted octanol–water partition coefficient (Wildman–Crippen LogP) is 2.36. The van der Waals surface area contributed by atoms with Gasteiger partial charge in [0.1, 0.15) is 11.1 Å². The third-order valence-corrected chi connectivity index (χ3v) is 4.21. The van der Waals surface area contributed by atoms with Gasteiger partial charge in [-0.15, -0.1) is 11.3 Å². The van der Waals surface area contributed by atoms with Gasteiger partial charge in [0, 0.05) is 17.0 Å². The smallest absolute Gasteiger partial charge is 0.132 e. The molecule has 5 heteroatoms.